The molecule has 0 atom stereocenters. The minimum absolute atomic E-state index is 0. The van der Waals surface area contributed by atoms with E-state index in [0.717, 1.165) is 34.8 Å². The maximum atomic E-state index is 10.3. The quantitative estimate of drug-likeness (QED) is 0.0599. The van der Waals surface area contributed by atoms with Gasteiger partial charge < -0.3 is 36.0 Å². The number of aromatic hydroxyl groups is 3. The molecule has 0 unspecified atom stereocenters. The molecule has 11 aromatic rings. The van der Waals surface area contributed by atoms with Crippen molar-refractivity contribution in [3.63, 3.8) is 0 Å². The van der Waals surface area contributed by atoms with Crippen LogP contribution in [-0.2, 0) is 57.8 Å². The van der Waals surface area contributed by atoms with Crippen molar-refractivity contribution < 1.29 is 81.8 Å². The number of phenolic OH excluding ortho intramolecular Hbond substituents is 2. The molecule has 11 rings (SSSR count). The number of aliphatic hydroxyl groups is 3. The first-order chi connectivity index (χ1) is 51.2. The number of aliphatic hydroxyl groups excluding tert-OH is 3. The molecule has 0 aliphatic heterocycles. The molecule has 0 aliphatic rings. The number of para-hydroxylation sites is 2. The Morgan fingerprint density at radius 2 is 0.694 bits per heavy atom. The number of rotatable bonds is 7. The molecule has 0 aliphatic carbocycles. The summed E-state index contributed by atoms with van der Waals surface area (Å²) >= 11 is 0. The fraction of sp³-hybridized carbons (Fsp3) is 0.367. The van der Waals surface area contributed by atoms with Gasteiger partial charge >= 0.3 is 0 Å². The number of nitrogens with one attached hydrogen (secondary N) is 1. The number of nitrogens with zero attached hydrogens (tertiary/aromatic N) is 8. The second kappa shape index (κ2) is 91.0. The minimum atomic E-state index is -0.0983. The molecule has 0 bridgehead atoms. The van der Waals surface area contributed by atoms with Crippen molar-refractivity contribution in [1.82, 2.24) is 9.78 Å². The van der Waals surface area contributed by atoms with Crippen molar-refractivity contribution in [1.29, 1.82) is 0 Å². The van der Waals surface area contributed by atoms with Crippen molar-refractivity contribution >= 4 is 60.8 Å². The summed E-state index contributed by atoms with van der Waals surface area (Å²) in [6, 6.07) is 76.4. The zero-order valence-corrected chi connectivity index (χ0v) is 73.2. The summed E-state index contributed by atoms with van der Waals surface area (Å²) in [5, 5.41) is 90.3. The summed E-state index contributed by atoms with van der Waals surface area (Å²) < 4.78 is 1.46. The number of aromatic nitrogens is 2. The third-order valence-electron chi connectivity index (χ3n) is 11.3. The van der Waals surface area contributed by atoms with Crippen LogP contribution in [-0.4, -0.2) is 75.3 Å². The summed E-state index contributed by atoms with van der Waals surface area (Å²) in [5.41, 5.74) is 6.37. The van der Waals surface area contributed by atoms with Gasteiger partial charge in [0.2, 0.25) is 5.88 Å². The molecule has 108 heavy (non-hydrogen) atoms. The van der Waals surface area contributed by atoms with Gasteiger partial charge in [-0.1, -0.05) is 358 Å². The summed E-state index contributed by atoms with van der Waals surface area (Å²) in [6.45, 7) is 46.6. The van der Waals surface area contributed by atoms with Crippen molar-refractivity contribution in [2.75, 3.05) is 40.2 Å². The first-order valence-electron chi connectivity index (χ1n) is 37.4. The maximum Gasteiger partial charge on any atom is 0.243 e. The Morgan fingerprint density at radius 3 is 1.05 bits per heavy atom. The number of fused-ring (bicyclic) bond motifs is 3. The van der Waals surface area contributed by atoms with E-state index in [4.69, 9.17) is 15.3 Å². The Labute approximate surface area is 686 Å². The van der Waals surface area contributed by atoms with E-state index in [2.05, 4.69) is 194 Å². The zero-order valence-electron chi connectivity index (χ0n) is 70.4. The topological polar surface area (TPSA) is 225 Å². The maximum absolute atomic E-state index is 10.3. The Kier molecular flexibility index (Phi) is 102. The molecule has 1 aromatic heterocycles. The molecule has 0 amide bonds. The monoisotopic (exact) mass is 1630 g/mol. The number of hydrogen-bond acceptors (Lipinski definition) is 14. The van der Waals surface area contributed by atoms with Gasteiger partial charge in [0.05, 0.1) is 23.7 Å². The van der Waals surface area contributed by atoms with Crippen LogP contribution in [0.1, 0.15) is 188 Å². The van der Waals surface area contributed by atoms with Gasteiger partial charge in [-0.2, -0.15) is 30.2 Å². The number of aryl methyl sites for hydroxylation is 2. The molecule has 0 saturated carbocycles. The van der Waals surface area contributed by atoms with Crippen molar-refractivity contribution in [2.45, 2.75) is 192 Å². The predicted octanol–water partition coefficient (Wildman–Crippen LogP) is 28.3. The van der Waals surface area contributed by atoms with Crippen LogP contribution in [0.25, 0.3) is 38.0 Å². The van der Waals surface area contributed by atoms with Crippen molar-refractivity contribution in [3.05, 3.63) is 253 Å². The van der Waals surface area contributed by atoms with E-state index in [1.807, 2.05) is 194 Å². The van der Waals surface area contributed by atoms with Crippen LogP contribution in [0.2, 0.25) is 0 Å². The van der Waals surface area contributed by atoms with Crippen molar-refractivity contribution in [2.24, 2.45) is 30.7 Å². The van der Waals surface area contributed by atoms with Crippen LogP contribution < -0.4 is 5.32 Å². The van der Waals surface area contributed by atoms with Gasteiger partial charge in [0.15, 0.2) is 11.4 Å². The van der Waals surface area contributed by atoms with Crippen LogP contribution in [0.4, 0.5) is 28.4 Å². The number of hydrogen-bond donors (Lipinski definition) is 7. The van der Waals surface area contributed by atoms with Gasteiger partial charge in [-0.3, -0.25) is 0 Å². The molecule has 1 heterocycles. The number of anilines is 1. The van der Waals surface area contributed by atoms with Gasteiger partial charge in [0, 0.05) is 103 Å². The number of benzene rings is 10. The van der Waals surface area contributed by atoms with Gasteiger partial charge in [-0.25, -0.2) is 0 Å². The third kappa shape index (κ3) is 56.8. The molecule has 10 aromatic carbocycles. The van der Waals surface area contributed by atoms with Crippen LogP contribution >= 0.6 is 0 Å². The fourth-order valence-electron chi connectivity index (χ4n) is 7.29. The molecular weight excluding hydrogens is 1490 g/mol. The van der Waals surface area contributed by atoms with E-state index in [-0.39, 0.29) is 81.8 Å². The molecule has 18 heteroatoms. The Balaban J connectivity index is -0.000000126. The average molecular weight is 1630 g/mol. The Bertz CT molecular complexity index is 3530. The predicted molar refractivity (Wildman–Crippen MR) is 463 cm³/mol. The van der Waals surface area contributed by atoms with Crippen LogP contribution in [0, 0.1) is 13.8 Å². The van der Waals surface area contributed by atoms with Crippen LogP contribution in [0.5, 0.6) is 17.4 Å². The third-order valence-corrected chi connectivity index (χ3v) is 11.3. The van der Waals surface area contributed by atoms with Crippen LogP contribution in [0.3, 0.4) is 0 Å². The average Bonchev–Trinajstić information content (AvgIpc) is 1.51. The van der Waals surface area contributed by atoms with Crippen molar-refractivity contribution in [3.8, 4) is 23.1 Å². The van der Waals surface area contributed by atoms with E-state index in [9.17, 15) is 15.3 Å². The number of azo groups is 3. The summed E-state index contributed by atoms with van der Waals surface area (Å²) in [5.74, 6) is 0.281. The fourth-order valence-corrected chi connectivity index (χ4v) is 7.29. The van der Waals surface area contributed by atoms with Crippen LogP contribution in [0.15, 0.2) is 267 Å². The molecule has 7 N–H and O–H groups in total. The normalized spacial score (nSPS) is 8.65. The first kappa shape index (κ1) is 121. The van der Waals surface area contributed by atoms with Gasteiger partial charge in [0.1, 0.15) is 17.1 Å². The molecule has 613 valence electrons. The van der Waals surface area contributed by atoms with E-state index >= 15 is 0 Å². The Hall–Kier alpha value is -8.37. The van der Waals surface area contributed by atoms with Gasteiger partial charge in [-0.05, 0) is 96.2 Å². The van der Waals surface area contributed by atoms with Gasteiger partial charge in [0.25, 0.3) is 0 Å². The smallest absolute Gasteiger partial charge is 0.243 e. The SMILES string of the molecule is CC.CC.CC.CC.CC.CC.CCC.CCC.CCC.CCC.CCO.CN=Nc1c(C)nn(-c2ccc(C)cc2)c1O.CN=Nc1ccccc1O.CNc1ccccc1.CO.OCc1ccccc1N=Nc1ccc2ccccc2c1O.[Cu].[Cu].[Cu].c1ccc2ccccc2c1.c1ccc2ccccc2c1. The van der Waals surface area contributed by atoms with E-state index in [1.165, 1.54) is 51.9 Å². The Morgan fingerprint density at radius 1 is 0.370 bits per heavy atom. The minimum Gasteiger partial charge on any atom is -0.506 e. The molecule has 0 spiro atoms. The van der Waals surface area contributed by atoms with Gasteiger partial charge in [-0.15, -0.1) is 10.2 Å². The molecule has 3 radical (unpaired) electrons. The zero-order chi connectivity index (χ0) is 81.4. The van der Waals surface area contributed by atoms with E-state index < -0.39 is 0 Å². The van der Waals surface area contributed by atoms with E-state index in [0.29, 0.717) is 34.0 Å². The molecular formula is C90H139Cu3N9O6. The second-order valence-corrected chi connectivity index (χ2v) is 19.7. The standard InChI is InChI=1S/C17H14N2O2.C12H14N4O.2C10H8.C7H8N2O.C7H9N.4C3H8.C2H6O.6C2H6.CH4O.3Cu/c20-11-13-6-2-4-8-15(13)18-19-16-10-9-12-5-1-3-7-14(12)17(16)21;1-8-4-6-10(7-5-8)16-12(17)11(14-13-3)9(2)15-16;2*1-2-6-10-8-4-3-7-9(10)5-1;1-8-9-6-4-2-3-5-7(6)10;1-8-7-5-3-2-4-6-7;4*1-3-2;1-2-3;7*1-2;;;/h1-10,20-21H,11H2;4-7,17H,1-3H3;2*1-8H;2-5,10H,1H3;2-6,8H,1H3;4*3H2,1-2H3;3H,2H2,1H3;6*1-2H3;2H,1H3;;;. The molecule has 15 nitrogen and oxygen atoms in total. The largest absolute Gasteiger partial charge is 0.506 e. The number of phenols is 2. The molecule has 0 fully saturated rings. The summed E-state index contributed by atoms with van der Waals surface area (Å²) in [7, 11) is 6.03. The summed E-state index contributed by atoms with van der Waals surface area (Å²) in [4.78, 5) is 0. The summed E-state index contributed by atoms with van der Waals surface area (Å²) in [6.07, 6.45) is 5.00. The van der Waals surface area contributed by atoms with E-state index in [1.54, 1.807) is 70.4 Å². The second-order valence-electron chi connectivity index (χ2n) is 19.7. The molecule has 0 saturated heterocycles. The first-order valence-corrected chi connectivity index (χ1v) is 37.4.